The summed E-state index contributed by atoms with van der Waals surface area (Å²) in [5.41, 5.74) is 8.68. The Morgan fingerprint density at radius 3 is 1.94 bits per heavy atom. The van der Waals surface area contributed by atoms with Crippen LogP contribution in [0.25, 0.3) is 99.3 Å². The lowest BCUT2D eigenvalue weighted by atomic mass is 9.89. The standard InChI is InChI=1S/C46H28N2O/c1-2-13-30(14-3-1)46-47-41(28-42(48-46)39-22-11-21-38-36-20-8-9-23-43(36)49-45(38)39)32-16-10-17-33(26-32)44-35-19-7-5-15-31(35)27-40-34-18-6-4-12-29(34)24-25-37(40)44/h1-28H. The van der Waals surface area contributed by atoms with Gasteiger partial charge in [0.25, 0.3) is 0 Å². The zero-order valence-corrected chi connectivity index (χ0v) is 26.5. The second kappa shape index (κ2) is 11.0. The molecule has 3 heteroatoms. The number of nitrogens with zero attached hydrogens (tertiary/aromatic N) is 2. The SMILES string of the molecule is c1ccc(-c2nc(-c3cccc(-c4c5ccccc5cc5c4ccc4ccccc45)c3)cc(-c3cccc4c3oc3ccccc34)n2)cc1. The van der Waals surface area contributed by atoms with Crippen molar-refractivity contribution in [1.29, 1.82) is 0 Å². The number of fused-ring (bicyclic) bond motifs is 7. The maximum Gasteiger partial charge on any atom is 0.160 e. The van der Waals surface area contributed by atoms with Gasteiger partial charge >= 0.3 is 0 Å². The molecule has 0 aliphatic heterocycles. The highest BCUT2D eigenvalue weighted by atomic mass is 16.3. The fraction of sp³-hybridized carbons (Fsp3) is 0. The minimum Gasteiger partial charge on any atom is -0.455 e. The third kappa shape index (κ3) is 4.51. The Morgan fingerprint density at radius 1 is 0.367 bits per heavy atom. The van der Waals surface area contributed by atoms with Crippen molar-refractivity contribution in [2.45, 2.75) is 0 Å². The largest absolute Gasteiger partial charge is 0.455 e. The van der Waals surface area contributed by atoms with E-state index in [0.717, 1.165) is 55.6 Å². The lowest BCUT2D eigenvalue weighted by Crippen LogP contribution is -1.96. The number of furan rings is 1. The van der Waals surface area contributed by atoms with Crippen molar-refractivity contribution in [2.75, 3.05) is 0 Å². The molecule has 0 saturated carbocycles. The van der Waals surface area contributed by atoms with Crippen LogP contribution in [-0.4, -0.2) is 9.97 Å². The van der Waals surface area contributed by atoms with E-state index in [1.807, 2.05) is 30.3 Å². The summed E-state index contributed by atoms with van der Waals surface area (Å²) in [6.45, 7) is 0. The van der Waals surface area contributed by atoms with E-state index in [4.69, 9.17) is 14.4 Å². The van der Waals surface area contributed by atoms with Gasteiger partial charge < -0.3 is 4.42 Å². The van der Waals surface area contributed by atoms with Crippen LogP contribution >= 0.6 is 0 Å². The number of rotatable bonds is 4. The quantitative estimate of drug-likeness (QED) is 0.144. The third-order valence-corrected chi connectivity index (χ3v) is 9.66. The summed E-state index contributed by atoms with van der Waals surface area (Å²) >= 11 is 0. The van der Waals surface area contributed by atoms with Gasteiger partial charge in [-0.2, -0.15) is 0 Å². The molecule has 2 heterocycles. The van der Waals surface area contributed by atoms with Gasteiger partial charge in [0.15, 0.2) is 5.82 Å². The van der Waals surface area contributed by atoms with E-state index >= 15 is 0 Å². The lowest BCUT2D eigenvalue weighted by Gasteiger charge is -2.15. The Hall–Kier alpha value is -6.58. The highest BCUT2D eigenvalue weighted by Crippen LogP contribution is 2.41. The van der Waals surface area contributed by atoms with Crippen molar-refractivity contribution in [1.82, 2.24) is 9.97 Å². The third-order valence-electron chi connectivity index (χ3n) is 9.66. The summed E-state index contributed by atoms with van der Waals surface area (Å²) in [5.74, 6) is 0.675. The minimum atomic E-state index is 0.675. The van der Waals surface area contributed by atoms with Crippen LogP contribution in [0.4, 0.5) is 0 Å². The molecule has 0 aliphatic rings. The molecule has 10 rings (SSSR count). The van der Waals surface area contributed by atoms with E-state index in [-0.39, 0.29) is 0 Å². The van der Waals surface area contributed by atoms with Crippen LogP contribution in [0.3, 0.4) is 0 Å². The fourth-order valence-electron chi connectivity index (χ4n) is 7.36. The maximum absolute atomic E-state index is 6.46. The average molecular weight is 625 g/mol. The van der Waals surface area contributed by atoms with Crippen LogP contribution in [0.2, 0.25) is 0 Å². The maximum atomic E-state index is 6.46. The normalized spacial score (nSPS) is 11.7. The molecule has 0 aliphatic carbocycles. The van der Waals surface area contributed by atoms with Crippen LogP contribution in [0, 0.1) is 0 Å². The first-order valence-electron chi connectivity index (χ1n) is 16.6. The number of para-hydroxylation sites is 2. The van der Waals surface area contributed by atoms with Crippen molar-refractivity contribution in [3.05, 3.63) is 170 Å². The smallest absolute Gasteiger partial charge is 0.160 e. The minimum absolute atomic E-state index is 0.675. The van der Waals surface area contributed by atoms with Crippen LogP contribution in [0.1, 0.15) is 0 Å². The highest BCUT2D eigenvalue weighted by molar-refractivity contribution is 6.20. The molecule has 2 aromatic heterocycles. The molecule has 0 amide bonds. The molecule has 0 unspecified atom stereocenters. The lowest BCUT2D eigenvalue weighted by molar-refractivity contribution is 0.670. The van der Waals surface area contributed by atoms with Crippen molar-refractivity contribution in [3.8, 4) is 45.0 Å². The van der Waals surface area contributed by atoms with Crippen LogP contribution < -0.4 is 0 Å². The zero-order valence-electron chi connectivity index (χ0n) is 26.5. The monoisotopic (exact) mass is 624 g/mol. The first-order valence-corrected chi connectivity index (χ1v) is 16.6. The van der Waals surface area contributed by atoms with E-state index in [2.05, 4.69) is 140 Å². The molecule has 228 valence electrons. The summed E-state index contributed by atoms with van der Waals surface area (Å²) in [6.07, 6.45) is 0. The van der Waals surface area contributed by atoms with E-state index in [9.17, 15) is 0 Å². The van der Waals surface area contributed by atoms with Gasteiger partial charge in [0.1, 0.15) is 11.2 Å². The number of aromatic nitrogens is 2. The summed E-state index contributed by atoms with van der Waals surface area (Å²) in [5, 5.41) is 9.62. The van der Waals surface area contributed by atoms with Gasteiger partial charge in [-0.1, -0.05) is 140 Å². The van der Waals surface area contributed by atoms with Gasteiger partial charge in [-0.15, -0.1) is 0 Å². The molecule has 0 fully saturated rings. The first-order chi connectivity index (χ1) is 24.3. The molecule has 3 nitrogen and oxygen atoms in total. The Bertz CT molecular complexity index is 2890. The van der Waals surface area contributed by atoms with Crippen molar-refractivity contribution in [3.63, 3.8) is 0 Å². The first kappa shape index (κ1) is 27.5. The molecule has 0 radical (unpaired) electrons. The molecular weight excluding hydrogens is 597 g/mol. The Morgan fingerprint density at radius 2 is 1.04 bits per heavy atom. The van der Waals surface area contributed by atoms with Crippen LogP contribution in [0.5, 0.6) is 0 Å². The van der Waals surface area contributed by atoms with Crippen LogP contribution in [-0.2, 0) is 0 Å². The fourth-order valence-corrected chi connectivity index (χ4v) is 7.36. The molecule has 8 aromatic carbocycles. The number of hydrogen-bond acceptors (Lipinski definition) is 3. The van der Waals surface area contributed by atoms with Crippen LogP contribution in [0.15, 0.2) is 174 Å². The molecule has 0 saturated heterocycles. The number of hydrogen-bond donors (Lipinski definition) is 0. The molecule has 0 bridgehead atoms. The second-order valence-electron chi connectivity index (χ2n) is 12.5. The molecule has 0 spiro atoms. The van der Waals surface area contributed by atoms with Gasteiger partial charge in [-0.25, -0.2) is 9.97 Å². The molecule has 10 aromatic rings. The van der Waals surface area contributed by atoms with Gasteiger partial charge in [0.2, 0.25) is 0 Å². The van der Waals surface area contributed by atoms with Crippen molar-refractivity contribution >= 4 is 54.3 Å². The van der Waals surface area contributed by atoms with Gasteiger partial charge in [-0.3, -0.25) is 0 Å². The van der Waals surface area contributed by atoms with Gasteiger partial charge in [0.05, 0.1) is 11.4 Å². The molecule has 0 N–H and O–H groups in total. The predicted molar refractivity (Wildman–Crippen MR) is 204 cm³/mol. The van der Waals surface area contributed by atoms with E-state index in [1.165, 1.54) is 37.9 Å². The number of benzene rings is 8. The summed E-state index contributed by atoms with van der Waals surface area (Å²) in [4.78, 5) is 10.3. The predicted octanol–water partition coefficient (Wildman–Crippen LogP) is 12.5. The van der Waals surface area contributed by atoms with E-state index in [1.54, 1.807) is 0 Å². The van der Waals surface area contributed by atoms with Gasteiger partial charge in [0, 0.05) is 27.5 Å². The molecule has 0 atom stereocenters. The zero-order chi connectivity index (χ0) is 32.3. The topological polar surface area (TPSA) is 38.9 Å². The van der Waals surface area contributed by atoms with Crippen molar-refractivity contribution in [2.24, 2.45) is 0 Å². The molecule has 49 heavy (non-hydrogen) atoms. The Labute approximate surface area is 282 Å². The Kier molecular flexibility index (Phi) is 6.18. The molecular formula is C46H28N2O. The van der Waals surface area contributed by atoms with Gasteiger partial charge in [-0.05, 0) is 73.8 Å². The average Bonchev–Trinajstić information content (AvgIpc) is 3.56. The van der Waals surface area contributed by atoms with Crippen molar-refractivity contribution < 1.29 is 4.42 Å². The summed E-state index contributed by atoms with van der Waals surface area (Å²) < 4.78 is 6.46. The summed E-state index contributed by atoms with van der Waals surface area (Å²) in [6, 6.07) is 59.7. The summed E-state index contributed by atoms with van der Waals surface area (Å²) in [7, 11) is 0. The Balaban J connectivity index is 1.21. The van der Waals surface area contributed by atoms with E-state index < -0.39 is 0 Å². The van der Waals surface area contributed by atoms with E-state index in [0.29, 0.717) is 5.82 Å². The highest BCUT2D eigenvalue weighted by Gasteiger charge is 2.18. The second-order valence-corrected chi connectivity index (χ2v) is 12.5.